The minimum Gasteiger partial charge on any atom is -0.374 e. The van der Waals surface area contributed by atoms with Crippen molar-refractivity contribution in [1.29, 1.82) is 0 Å². The van der Waals surface area contributed by atoms with Gasteiger partial charge in [0.2, 0.25) is 0 Å². The van der Waals surface area contributed by atoms with Crippen LogP contribution < -0.4 is 10.6 Å². The van der Waals surface area contributed by atoms with Crippen LogP contribution in [0.1, 0.15) is 52.3 Å². The van der Waals surface area contributed by atoms with Crippen molar-refractivity contribution in [2.75, 3.05) is 23.8 Å². The second kappa shape index (κ2) is 8.17. The second-order valence-electron chi connectivity index (χ2n) is 5.84. The van der Waals surface area contributed by atoms with E-state index < -0.39 is 0 Å². The van der Waals surface area contributed by atoms with Crippen LogP contribution in [0.3, 0.4) is 0 Å². The average Bonchev–Trinajstić information content (AvgIpc) is 3.26. The molecule has 1 fully saturated rings. The molecule has 0 aliphatic heterocycles. The Hall–Kier alpha value is -1.36. The van der Waals surface area contributed by atoms with Crippen LogP contribution in [0.2, 0.25) is 0 Å². The number of hydrogen-bond acceptors (Lipinski definition) is 5. The van der Waals surface area contributed by atoms with Gasteiger partial charge in [-0.25, -0.2) is 9.97 Å². The molecule has 0 spiro atoms. The highest BCUT2D eigenvalue weighted by molar-refractivity contribution is 5.48. The fraction of sp³-hybridized carbons (Fsp3) is 0.750. The van der Waals surface area contributed by atoms with Crippen LogP contribution >= 0.6 is 0 Å². The largest absolute Gasteiger partial charge is 0.374 e. The molecule has 118 valence electrons. The Balaban J connectivity index is 2.01. The fourth-order valence-electron chi connectivity index (χ4n) is 2.34. The molecule has 2 rings (SSSR count). The summed E-state index contributed by atoms with van der Waals surface area (Å²) in [5.74, 6) is 3.42. The second-order valence-corrected chi connectivity index (χ2v) is 5.84. The Morgan fingerprint density at radius 2 is 2.05 bits per heavy atom. The van der Waals surface area contributed by atoms with Gasteiger partial charge < -0.3 is 15.4 Å². The average molecular weight is 292 g/mol. The van der Waals surface area contributed by atoms with Gasteiger partial charge in [0.05, 0.1) is 0 Å². The van der Waals surface area contributed by atoms with E-state index in [2.05, 4.69) is 34.4 Å². The maximum atomic E-state index is 5.43. The van der Waals surface area contributed by atoms with E-state index in [0.717, 1.165) is 36.3 Å². The van der Waals surface area contributed by atoms with E-state index in [-0.39, 0.29) is 0 Å². The molecule has 1 aliphatic carbocycles. The summed E-state index contributed by atoms with van der Waals surface area (Å²) in [5.41, 5.74) is 0. The maximum absolute atomic E-state index is 5.43. The van der Waals surface area contributed by atoms with Gasteiger partial charge in [-0.05, 0) is 32.6 Å². The molecule has 0 saturated heterocycles. The highest BCUT2D eigenvalue weighted by Gasteiger charge is 2.23. The van der Waals surface area contributed by atoms with Gasteiger partial charge in [-0.1, -0.05) is 19.8 Å². The van der Waals surface area contributed by atoms with Crippen molar-refractivity contribution in [2.24, 2.45) is 5.92 Å². The molecule has 1 saturated carbocycles. The van der Waals surface area contributed by atoms with Crippen molar-refractivity contribution in [1.82, 2.24) is 9.97 Å². The van der Waals surface area contributed by atoms with Crippen LogP contribution in [0.5, 0.6) is 0 Å². The maximum Gasteiger partial charge on any atom is 0.158 e. The normalized spacial score (nSPS) is 15.8. The summed E-state index contributed by atoms with van der Waals surface area (Å²) in [6.45, 7) is 8.41. The molecule has 0 amide bonds. The van der Waals surface area contributed by atoms with Crippen LogP contribution in [0.4, 0.5) is 11.6 Å². The molecule has 1 aliphatic rings. The van der Waals surface area contributed by atoms with Gasteiger partial charge in [0.1, 0.15) is 18.2 Å². The van der Waals surface area contributed by atoms with Crippen molar-refractivity contribution < 1.29 is 4.74 Å². The first-order valence-corrected chi connectivity index (χ1v) is 8.17. The molecule has 2 N–H and O–H groups in total. The number of aromatic nitrogens is 2. The summed E-state index contributed by atoms with van der Waals surface area (Å²) in [4.78, 5) is 9.06. The number of rotatable bonds is 10. The first-order chi connectivity index (χ1) is 10.2. The van der Waals surface area contributed by atoms with E-state index in [1.807, 2.05) is 13.0 Å². The molecule has 1 atom stereocenters. The molecular formula is C16H28N4O. The molecular weight excluding hydrogens is 264 g/mol. The standard InChI is InChI=1S/C16H28N4O/c1-4-8-17-14-10-15(18-12(3)9-13-6-7-13)20-16(19-14)11-21-5-2/h10,12-13H,4-9,11H2,1-3H3,(H2,17,18,19,20). The summed E-state index contributed by atoms with van der Waals surface area (Å²) in [7, 11) is 0. The third kappa shape index (κ3) is 5.87. The lowest BCUT2D eigenvalue weighted by atomic mass is 10.1. The number of nitrogens with one attached hydrogen (secondary N) is 2. The van der Waals surface area contributed by atoms with Crippen molar-refractivity contribution in [3.05, 3.63) is 11.9 Å². The van der Waals surface area contributed by atoms with Gasteiger partial charge in [0.25, 0.3) is 0 Å². The minimum atomic E-state index is 0.450. The summed E-state index contributed by atoms with van der Waals surface area (Å²) in [6.07, 6.45) is 5.07. The molecule has 1 unspecified atom stereocenters. The van der Waals surface area contributed by atoms with Gasteiger partial charge in [0.15, 0.2) is 5.82 Å². The Labute approximate surface area is 127 Å². The zero-order valence-corrected chi connectivity index (χ0v) is 13.5. The summed E-state index contributed by atoms with van der Waals surface area (Å²) in [5, 5.41) is 6.83. The summed E-state index contributed by atoms with van der Waals surface area (Å²) in [6, 6.07) is 2.44. The Kier molecular flexibility index (Phi) is 6.23. The first-order valence-electron chi connectivity index (χ1n) is 8.17. The number of anilines is 2. The fourth-order valence-corrected chi connectivity index (χ4v) is 2.34. The molecule has 1 aromatic rings. The lowest BCUT2D eigenvalue weighted by Gasteiger charge is -2.16. The van der Waals surface area contributed by atoms with Crippen molar-refractivity contribution in [2.45, 2.75) is 59.1 Å². The smallest absolute Gasteiger partial charge is 0.158 e. The third-order valence-electron chi connectivity index (χ3n) is 3.54. The Morgan fingerprint density at radius 1 is 1.29 bits per heavy atom. The Morgan fingerprint density at radius 3 is 2.71 bits per heavy atom. The van der Waals surface area contributed by atoms with Crippen LogP contribution in [-0.4, -0.2) is 29.2 Å². The number of nitrogens with zero attached hydrogens (tertiary/aromatic N) is 2. The highest BCUT2D eigenvalue weighted by Crippen LogP contribution is 2.34. The van der Waals surface area contributed by atoms with Crippen LogP contribution in [-0.2, 0) is 11.3 Å². The molecule has 21 heavy (non-hydrogen) atoms. The van der Waals surface area contributed by atoms with E-state index in [1.54, 1.807) is 0 Å². The summed E-state index contributed by atoms with van der Waals surface area (Å²) < 4.78 is 5.43. The molecule has 1 aromatic heterocycles. The van der Waals surface area contributed by atoms with Crippen LogP contribution in [0.15, 0.2) is 6.07 Å². The van der Waals surface area contributed by atoms with E-state index in [4.69, 9.17) is 4.74 Å². The van der Waals surface area contributed by atoms with E-state index >= 15 is 0 Å². The lowest BCUT2D eigenvalue weighted by molar-refractivity contribution is 0.128. The van der Waals surface area contributed by atoms with Crippen molar-refractivity contribution in [3.63, 3.8) is 0 Å². The zero-order chi connectivity index (χ0) is 15.1. The lowest BCUT2D eigenvalue weighted by Crippen LogP contribution is -2.18. The summed E-state index contributed by atoms with van der Waals surface area (Å²) >= 11 is 0. The van der Waals surface area contributed by atoms with Crippen LogP contribution in [0.25, 0.3) is 0 Å². The van der Waals surface area contributed by atoms with E-state index in [1.165, 1.54) is 19.3 Å². The van der Waals surface area contributed by atoms with Crippen LogP contribution in [0, 0.1) is 5.92 Å². The number of ether oxygens (including phenoxy) is 1. The third-order valence-corrected chi connectivity index (χ3v) is 3.54. The number of hydrogen-bond donors (Lipinski definition) is 2. The van der Waals surface area contributed by atoms with Gasteiger partial charge >= 0.3 is 0 Å². The van der Waals surface area contributed by atoms with E-state index in [0.29, 0.717) is 19.3 Å². The molecule has 0 bridgehead atoms. The van der Waals surface area contributed by atoms with Gasteiger partial charge in [-0.2, -0.15) is 0 Å². The highest BCUT2D eigenvalue weighted by atomic mass is 16.5. The molecule has 5 nitrogen and oxygen atoms in total. The van der Waals surface area contributed by atoms with E-state index in [9.17, 15) is 0 Å². The molecule has 5 heteroatoms. The predicted octanol–water partition coefficient (Wildman–Crippen LogP) is 3.44. The van der Waals surface area contributed by atoms with Gasteiger partial charge in [-0.15, -0.1) is 0 Å². The monoisotopic (exact) mass is 292 g/mol. The van der Waals surface area contributed by atoms with Crippen molar-refractivity contribution >= 4 is 11.6 Å². The first kappa shape index (κ1) is 16.0. The van der Waals surface area contributed by atoms with Crippen molar-refractivity contribution in [3.8, 4) is 0 Å². The molecule has 0 radical (unpaired) electrons. The molecule has 1 heterocycles. The minimum absolute atomic E-state index is 0.450. The topological polar surface area (TPSA) is 59.1 Å². The Bertz CT molecular complexity index is 408. The predicted molar refractivity (Wildman–Crippen MR) is 86.6 cm³/mol. The quantitative estimate of drug-likeness (QED) is 0.692. The molecule has 0 aromatic carbocycles. The van der Waals surface area contributed by atoms with Gasteiger partial charge in [0, 0.05) is 25.3 Å². The zero-order valence-electron chi connectivity index (χ0n) is 13.5. The van der Waals surface area contributed by atoms with Gasteiger partial charge in [-0.3, -0.25) is 0 Å². The SMILES string of the molecule is CCCNc1cc(NC(C)CC2CC2)nc(COCC)n1.